The molecule has 32 heavy (non-hydrogen) atoms. The second-order valence-electron chi connectivity index (χ2n) is 8.30. The van der Waals surface area contributed by atoms with E-state index in [2.05, 4.69) is 20.2 Å². The zero-order valence-electron chi connectivity index (χ0n) is 18.1. The predicted molar refractivity (Wildman–Crippen MR) is 120 cm³/mol. The molecular weight excluding hydrogens is 434 g/mol. The van der Waals surface area contributed by atoms with Crippen LogP contribution in [0.5, 0.6) is 0 Å². The Morgan fingerprint density at radius 3 is 2.62 bits per heavy atom. The van der Waals surface area contributed by atoms with Crippen molar-refractivity contribution in [2.45, 2.75) is 43.7 Å². The van der Waals surface area contributed by atoms with Gasteiger partial charge in [0.2, 0.25) is 5.95 Å². The number of aryl methyl sites for hydroxylation is 1. The lowest BCUT2D eigenvalue weighted by atomic mass is 10.1. The number of hydrogen-bond acceptors (Lipinski definition) is 6. The average Bonchev–Trinajstić information content (AvgIpc) is 2.99. The largest absolute Gasteiger partial charge is 0.341 e. The Morgan fingerprint density at radius 2 is 1.88 bits per heavy atom. The third kappa shape index (κ3) is 5.05. The molecule has 1 aliphatic heterocycles. The first kappa shape index (κ1) is 22.5. The van der Waals surface area contributed by atoms with Gasteiger partial charge in [0, 0.05) is 37.3 Å². The van der Waals surface area contributed by atoms with Crippen LogP contribution in [0.4, 0.5) is 14.7 Å². The van der Waals surface area contributed by atoms with Gasteiger partial charge < -0.3 is 10.2 Å². The van der Waals surface area contributed by atoms with Gasteiger partial charge in [-0.05, 0) is 62.1 Å². The lowest BCUT2D eigenvalue weighted by Gasteiger charge is -2.22. The number of halogens is 2. The van der Waals surface area contributed by atoms with Crippen LogP contribution >= 0.6 is 0 Å². The summed E-state index contributed by atoms with van der Waals surface area (Å²) >= 11 is 0. The fraction of sp³-hybridized carbons (Fsp3) is 0.391. The molecule has 1 unspecified atom stereocenters. The number of fused-ring (bicyclic) bond motifs is 1. The maximum atomic E-state index is 13.4. The minimum absolute atomic E-state index is 0.242. The average molecular weight is 461 g/mol. The predicted octanol–water partition coefficient (Wildman–Crippen LogP) is 3.77. The highest BCUT2D eigenvalue weighted by molar-refractivity contribution is 7.90. The van der Waals surface area contributed by atoms with Gasteiger partial charge in [0.1, 0.15) is 0 Å². The van der Waals surface area contributed by atoms with Crippen LogP contribution in [-0.4, -0.2) is 43.8 Å². The molecule has 3 aromatic rings. The minimum Gasteiger partial charge on any atom is -0.341 e. The number of aromatic nitrogens is 2. The quantitative estimate of drug-likeness (QED) is 0.625. The number of nitrogens with one attached hydrogen (secondary N) is 1. The fourth-order valence-electron chi connectivity index (χ4n) is 4.04. The van der Waals surface area contributed by atoms with Crippen LogP contribution in [0.25, 0.3) is 10.9 Å². The Hall–Kier alpha value is -2.65. The number of nitrogens with zero attached hydrogens (tertiary/aromatic N) is 3. The molecule has 1 atom stereocenters. The van der Waals surface area contributed by atoms with Gasteiger partial charge in [-0.25, -0.2) is 27.2 Å². The SMILES string of the molecule is Cc1nc(N2CCCC(NCc3ccc(F)c(F)c3)CC2)nc2cc(S(C)(=O)=O)ccc12. The molecule has 0 bridgehead atoms. The van der Waals surface area contributed by atoms with Crippen molar-refractivity contribution in [2.75, 3.05) is 24.2 Å². The molecule has 4 rings (SSSR count). The molecule has 1 fully saturated rings. The van der Waals surface area contributed by atoms with Crippen molar-refractivity contribution in [3.63, 3.8) is 0 Å². The van der Waals surface area contributed by atoms with Crippen molar-refractivity contribution in [3.8, 4) is 0 Å². The third-order valence-corrected chi connectivity index (χ3v) is 6.98. The van der Waals surface area contributed by atoms with Crippen LogP contribution in [0.3, 0.4) is 0 Å². The first-order valence-corrected chi connectivity index (χ1v) is 12.5. The molecule has 6 nitrogen and oxygen atoms in total. The van der Waals surface area contributed by atoms with Crippen molar-refractivity contribution in [1.82, 2.24) is 15.3 Å². The number of anilines is 1. The first-order valence-electron chi connectivity index (χ1n) is 10.6. The van der Waals surface area contributed by atoms with E-state index in [1.165, 1.54) is 12.3 Å². The lowest BCUT2D eigenvalue weighted by molar-refractivity contribution is 0.466. The molecule has 0 spiro atoms. The van der Waals surface area contributed by atoms with Crippen LogP contribution in [0.2, 0.25) is 0 Å². The van der Waals surface area contributed by atoms with Crippen LogP contribution < -0.4 is 10.2 Å². The van der Waals surface area contributed by atoms with Gasteiger partial charge >= 0.3 is 0 Å². The molecule has 1 aromatic heterocycles. The number of benzene rings is 2. The van der Waals surface area contributed by atoms with Gasteiger partial charge in [-0.1, -0.05) is 6.07 Å². The maximum absolute atomic E-state index is 13.4. The number of hydrogen-bond donors (Lipinski definition) is 1. The second kappa shape index (κ2) is 9.07. The van der Waals surface area contributed by atoms with Gasteiger partial charge in [0.15, 0.2) is 21.5 Å². The van der Waals surface area contributed by atoms with Crippen molar-refractivity contribution >= 4 is 26.7 Å². The Balaban J connectivity index is 1.47. The summed E-state index contributed by atoms with van der Waals surface area (Å²) in [5.74, 6) is -1.07. The van der Waals surface area contributed by atoms with E-state index in [0.717, 1.165) is 49.5 Å². The molecule has 1 saturated heterocycles. The van der Waals surface area contributed by atoms with Gasteiger partial charge in [-0.15, -0.1) is 0 Å². The molecule has 1 aliphatic rings. The minimum atomic E-state index is -3.32. The van der Waals surface area contributed by atoms with E-state index < -0.39 is 21.5 Å². The van der Waals surface area contributed by atoms with E-state index in [1.54, 1.807) is 24.3 Å². The summed E-state index contributed by atoms with van der Waals surface area (Å²) in [7, 11) is -3.32. The van der Waals surface area contributed by atoms with Crippen molar-refractivity contribution < 1.29 is 17.2 Å². The highest BCUT2D eigenvalue weighted by Gasteiger charge is 2.20. The summed E-state index contributed by atoms with van der Waals surface area (Å²) in [4.78, 5) is 11.7. The van der Waals surface area contributed by atoms with E-state index in [0.29, 0.717) is 23.6 Å². The summed E-state index contributed by atoms with van der Waals surface area (Å²) in [6.45, 7) is 3.91. The van der Waals surface area contributed by atoms with E-state index in [1.807, 2.05) is 6.92 Å². The molecule has 2 aromatic carbocycles. The Morgan fingerprint density at radius 1 is 1.06 bits per heavy atom. The molecule has 0 amide bonds. The highest BCUT2D eigenvalue weighted by atomic mass is 32.2. The molecule has 170 valence electrons. The number of sulfone groups is 1. The molecule has 0 radical (unpaired) electrons. The van der Waals surface area contributed by atoms with E-state index in [-0.39, 0.29) is 10.9 Å². The molecule has 9 heteroatoms. The third-order valence-electron chi connectivity index (χ3n) is 5.87. The van der Waals surface area contributed by atoms with Crippen LogP contribution in [0.1, 0.15) is 30.5 Å². The second-order valence-corrected chi connectivity index (χ2v) is 10.3. The van der Waals surface area contributed by atoms with Crippen molar-refractivity contribution in [2.24, 2.45) is 0 Å². The smallest absolute Gasteiger partial charge is 0.226 e. The van der Waals surface area contributed by atoms with Crippen molar-refractivity contribution in [3.05, 3.63) is 59.3 Å². The van der Waals surface area contributed by atoms with E-state index in [9.17, 15) is 17.2 Å². The van der Waals surface area contributed by atoms with Gasteiger partial charge in [-0.3, -0.25) is 0 Å². The molecule has 0 aliphatic carbocycles. The van der Waals surface area contributed by atoms with E-state index >= 15 is 0 Å². The maximum Gasteiger partial charge on any atom is 0.226 e. The first-order chi connectivity index (χ1) is 15.2. The summed E-state index contributed by atoms with van der Waals surface area (Å²) in [5, 5.41) is 4.27. The summed E-state index contributed by atoms with van der Waals surface area (Å²) in [5.41, 5.74) is 2.13. The Kier molecular flexibility index (Phi) is 6.39. The summed E-state index contributed by atoms with van der Waals surface area (Å²) in [6, 6.07) is 9.15. The standard InChI is InChI=1S/C23H26F2N4O2S/c1-15-19-7-6-18(32(2,30)31)13-22(19)28-23(27-15)29-10-3-4-17(9-11-29)26-14-16-5-8-20(24)21(25)12-16/h5-8,12-13,17,26H,3-4,9-11,14H2,1-2H3. The Bertz CT molecular complexity index is 1250. The zero-order chi connectivity index (χ0) is 22.9. The fourth-order valence-corrected chi connectivity index (χ4v) is 4.68. The molecular formula is C23H26F2N4O2S. The normalized spacial score (nSPS) is 17.5. The number of rotatable bonds is 5. The molecule has 1 N–H and O–H groups in total. The molecule has 0 saturated carbocycles. The van der Waals surface area contributed by atoms with Gasteiger partial charge in [0.05, 0.1) is 16.1 Å². The zero-order valence-corrected chi connectivity index (χ0v) is 18.9. The van der Waals surface area contributed by atoms with Crippen LogP contribution in [-0.2, 0) is 16.4 Å². The van der Waals surface area contributed by atoms with Crippen LogP contribution in [0, 0.1) is 18.6 Å². The molecule has 2 heterocycles. The van der Waals surface area contributed by atoms with Gasteiger partial charge in [0.25, 0.3) is 0 Å². The summed E-state index contributed by atoms with van der Waals surface area (Å²) in [6.07, 6.45) is 3.92. The van der Waals surface area contributed by atoms with Crippen molar-refractivity contribution in [1.29, 1.82) is 0 Å². The van der Waals surface area contributed by atoms with Gasteiger partial charge in [-0.2, -0.15) is 0 Å². The monoisotopic (exact) mass is 460 g/mol. The summed E-state index contributed by atoms with van der Waals surface area (Å²) < 4.78 is 50.4. The van der Waals surface area contributed by atoms with Crippen LogP contribution in [0.15, 0.2) is 41.3 Å². The lowest BCUT2D eigenvalue weighted by Crippen LogP contribution is -2.31. The highest BCUT2D eigenvalue weighted by Crippen LogP contribution is 2.24. The van der Waals surface area contributed by atoms with E-state index in [4.69, 9.17) is 0 Å². The topological polar surface area (TPSA) is 75.2 Å². The Labute approximate surface area is 186 Å².